The Morgan fingerprint density at radius 1 is 1.40 bits per heavy atom. The normalized spacial score (nSPS) is 27.1. The van der Waals surface area contributed by atoms with Crippen molar-refractivity contribution in [1.82, 2.24) is 4.90 Å². The predicted octanol–water partition coefficient (Wildman–Crippen LogP) is 2.06. The van der Waals surface area contributed by atoms with Crippen LogP contribution in [0.3, 0.4) is 0 Å². The summed E-state index contributed by atoms with van der Waals surface area (Å²) >= 11 is 0. The first-order valence-corrected chi connectivity index (χ1v) is 6.02. The molecule has 0 radical (unpaired) electrons. The molecule has 15 heavy (non-hydrogen) atoms. The lowest BCUT2D eigenvalue weighted by molar-refractivity contribution is -0.147. The molecule has 0 aromatic rings. The van der Waals surface area contributed by atoms with Crippen LogP contribution >= 0.6 is 0 Å². The summed E-state index contributed by atoms with van der Waals surface area (Å²) in [4.78, 5) is 14.2. The van der Waals surface area contributed by atoms with Crippen molar-refractivity contribution in [2.24, 2.45) is 5.92 Å². The molecule has 1 heterocycles. The summed E-state index contributed by atoms with van der Waals surface area (Å²) in [6.45, 7) is 9.68. The summed E-state index contributed by atoms with van der Waals surface area (Å²) in [7, 11) is 0. The van der Waals surface area contributed by atoms with Crippen LogP contribution in [0.1, 0.15) is 40.5 Å². The number of hydrogen-bond donors (Lipinski definition) is 0. The molecule has 1 aliphatic heterocycles. The van der Waals surface area contributed by atoms with Gasteiger partial charge in [-0.1, -0.05) is 13.8 Å². The van der Waals surface area contributed by atoms with Crippen LogP contribution in [0.15, 0.2) is 0 Å². The molecule has 0 aromatic carbocycles. The van der Waals surface area contributed by atoms with Gasteiger partial charge in [0.2, 0.25) is 5.91 Å². The molecule has 0 saturated carbocycles. The summed E-state index contributed by atoms with van der Waals surface area (Å²) in [5.74, 6) is 0.500. The first kappa shape index (κ1) is 12.5. The van der Waals surface area contributed by atoms with Crippen LogP contribution in [0.4, 0.5) is 0 Å². The number of amides is 1. The van der Waals surface area contributed by atoms with E-state index in [1.165, 1.54) is 0 Å². The molecule has 0 spiro atoms. The molecule has 0 aromatic heterocycles. The van der Waals surface area contributed by atoms with E-state index in [4.69, 9.17) is 4.74 Å². The van der Waals surface area contributed by atoms with Crippen LogP contribution in [0, 0.1) is 5.92 Å². The second-order valence-corrected chi connectivity index (χ2v) is 4.50. The van der Waals surface area contributed by atoms with Gasteiger partial charge in [-0.2, -0.15) is 0 Å². The van der Waals surface area contributed by atoms with E-state index in [1.807, 2.05) is 11.8 Å². The number of ether oxygens (including phenoxy) is 1. The molecule has 1 aliphatic rings. The highest BCUT2D eigenvalue weighted by molar-refractivity contribution is 5.79. The van der Waals surface area contributed by atoms with E-state index < -0.39 is 0 Å². The van der Waals surface area contributed by atoms with Crippen molar-refractivity contribution in [3.8, 4) is 0 Å². The summed E-state index contributed by atoms with van der Waals surface area (Å²) in [5.41, 5.74) is 0. The Bertz CT molecular complexity index is 214. The molecule has 88 valence electrons. The third-order valence-corrected chi connectivity index (χ3v) is 3.23. The van der Waals surface area contributed by atoms with Gasteiger partial charge in [0.25, 0.3) is 0 Å². The number of morpholine rings is 1. The average molecular weight is 213 g/mol. The number of carbonyl (C=O) groups is 1. The van der Waals surface area contributed by atoms with Gasteiger partial charge < -0.3 is 9.64 Å². The highest BCUT2D eigenvalue weighted by atomic mass is 16.5. The highest BCUT2D eigenvalue weighted by Gasteiger charge is 2.30. The minimum atomic E-state index is 0.180. The predicted molar refractivity (Wildman–Crippen MR) is 60.7 cm³/mol. The fourth-order valence-corrected chi connectivity index (χ4v) is 2.08. The van der Waals surface area contributed by atoms with Crippen molar-refractivity contribution < 1.29 is 9.53 Å². The van der Waals surface area contributed by atoms with E-state index >= 15 is 0 Å². The van der Waals surface area contributed by atoms with Crippen molar-refractivity contribution in [2.45, 2.75) is 52.7 Å². The third-order valence-electron chi connectivity index (χ3n) is 3.23. The quantitative estimate of drug-likeness (QED) is 0.718. The molecule has 1 amide bonds. The van der Waals surface area contributed by atoms with Crippen LogP contribution in [0.5, 0.6) is 0 Å². The molecule has 2 unspecified atom stereocenters. The van der Waals surface area contributed by atoms with Gasteiger partial charge in [0.1, 0.15) is 0 Å². The van der Waals surface area contributed by atoms with Crippen LogP contribution in [0.25, 0.3) is 0 Å². The van der Waals surface area contributed by atoms with Crippen LogP contribution in [0.2, 0.25) is 0 Å². The van der Waals surface area contributed by atoms with Gasteiger partial charge >= 0.3 is 0 Å². The van der Waals surface area contributed by atoms with Gasteiger partial charge in [0.15, 0.2) is 0 Å². The SMILES string of the molecule is CCC(CC)C(=O)N1CC(C)OCC1C. The molecule has 1 saturated heterocycles. The molecular formula is C12H23NO2. The van der Waals surface area contributed by atoms with E-state index in [1.54, 1.807) is 0 Å². The number of carbonyl (C=O) groups excluding carboxylic acids is 1. The molecule has 1 fully saturated rings. The lowest BCUT2D eigenvalue weighted by atomic mass is 10.00. The number of nitrogens with zero attached hydrogens (tertiary/aromatic N) is 1. The van der Waals surface area contributed by atoms with Crippen LogP contribution in [-0.2, 0) is 9.53 Å². The first-order chi connectivity index (χ1) is 7.10. The zero-order valence-corrected chi connectivity index (χ0v) is 10.3. The maximum absolute atomic E-state index is 12.2. The Morgan fingerprint density at radius 3 is 2.53 bits per heavy atom. The van der Waals surface area contributed by atoms with Crippen LogP contribution < -0.4 is 0 Å². The first-order valence-electron chi connectivity index (χ1n) is 6.02. The van der Waals surface area contributed by atoms with Gasteiger partial charge in [-0.05, 0) is 26.7 Å². The Hall–Kier alpha value is -0.570. The van der Waals surface area contributed by atoms with E-state index in [9.17, 15) is 4.79 Å². The lowest BCUT2D eigenvalue weighted by Crippen LogP contribution is -2.52. The molecule has 3 heteroatoms. The van der Waals surface area contributed by atoms with E-state index in [0.29, 0.717) is 12.5 Å². The highest BCUT2D eigenvalue weighted by Crippen LogP contribution is 2.18. The topological polar surface area (TPSA) is 29.5 Å². The van der Waals surface area contributed by atoms with E-state index in [0.717, 1.165) is 19.4 Å². The zero-order chi connectivity index (χ0) is 11.4. The fraction of sp³-hybridized carbons (Fsp3) is 0.917. The second-order valence-electron chi connectivity index (χ2n) is 4.50. The van der Waals surface area contributed by atoms with Crippen LogP contribution in [-0.4, -0.2) is 36.1 Å². The molecule has 0 N–H and O–H groups in total. The molecule has 3 nitrogen and oxygen atoms in total. The smallest absolute Gasteiger partial charge is 0.226 e. The molecule has 1 rings (SSSR count). The van der Waals surface area contributed by atoms with Gasteiger partial charge in [-0.15, -0.1) is 0 Å². The van der Waals surface area contributed by atoms with Gasteiger partial charge in [-0.25, -0.2) is 0 Å². The second kappa shape index (κ2) is 5.50. The van der Waals surface area contributed by atoms with Crippen molar-refractivity contribution in [3.63, 3.8) is 0 Å². The monoisotopic (exact) mass is 213 g/mol. The zero-order valence-electron chi connectivity index (χ0n) is 10.3. The van der Waals surface area contributed by atoms with Crippen molar-refractivity contribution in [3.05, 3.63) is 0 Å². The van der Waals surface area contributed by atoms with Crippen molar-refractivity contribution >= 4 is 5.91 Å². The van der Waals surface area contributed by atoms with Gasteiger partial charge in [0, 0.05) is 12.5 Å². The number of hydrogen-bond acceptors (Lipinski definition) is 2. The third kappa shape index (κ3) is 2.94. The Balaban J connectivity index is 2.63. The summed E-state index contributed by atoms with van der Waals surface area (Å²) in [6, 6.07) is 0.231. The molecule has 2 atom stereocenters. The fourth-order valence-electron chi connectivity index (χ4n) is 2.08. The standard InChI is InChI=1S/C12H23NO2/c1-5-11(6-2)12(14)13-7-10(4)15-8-9(13)3/h9-11H,5-8H2,1-4H3. The minimum absolute atomic E-state index is 0.180. The Labute approximate surface area is 92.8 Å². The maximum Gasteiger partial charge on any atom is 0.226 e. The lowest BCUT2D eigenvalue weighted by Gasteiger charge is -2.38. The van der Waals surface area contributed by atoms with Crippen molar-refractivity contribution in [2.75, 3.05) is 13.2 Å². The summed E-state index contributed by atoms with van der Waals surface area (Å²) in [5, 5.41) is 0. The van der Waals surface area contributed by atoms with Gasteiger partial charge in [-0.3, -0.25) is 4.79 Å². The molecule has 0 aliphatic carbocycles. The van der Waals surface area contributed by atoms with Crippen molar-refractivity contribution in [1.29, 1.82) is 0 Å². The Kier molecular flexibility index (Phi) is 4.58. The van der Waals surface area contributed by atoms with E-state index in [-0.39, 0.29) is 18.1 Å². The average Bonchev–Trinajstić information content (AvgIpc) is 2.23. The maximum atomic E-state index is 12.2. The Morgan fingerprint density at radius 2 is 2.00 bits per heavy atom. The van der Waals surface area contributed by atoms with E-state index in [2.05, 4.69) is 20.8 Å². The van der Waals surface area contributed by atoms with Gasteiger partial charge in [0.05, 0.1) is 18.8 Å². The molecule has 0 bridgehead atoms. The minimum Gasteiger partial charge on any atom is -0.375 e. The largest absolute Gasteiger partial charge is 0.375 e. The summed E-state index contributed by atoms with van der Waals surface area (Å²) < 4.78 is 5.52. The summed E-state index contributed by atoms with van der Waals surface area (Å²) in [6.07, 6.45) is 2.06. The number of rotatable bonds is 3. The molecular weight excluding hydrogens is 190 g/mol.